The first-order valence-electron chi connectivity index (χ1n) is 5.42. The summed E-state index contributed by atoms with van der Waals surface area (Å²) in [7, 11) is 0. The number of nitrogen functional groups attached to an aromatic ring is 1. The Kier molecular flexibility index (Phi) is 3.26. The van der Waals surface area contributed by atoms with Crippen LogP contribution in [0.4, 0.5) is 14.5 Å². The van der Waals surface area contributed by atoms with Gasteiger partial charge in [-0.3, -0.25) is 0 Å². The second kappa shape index (κ2) is 4.58. The van der Waals surface area contributed by atoms with Gasteiger partial charge in [0, 0.05) is 11.1 Å². The molecule has 0 aliphatic rings. The monoisotopic (exact) mass is 267 g/mol. The Labute approximate surface area is 109 Å². The van der Waals surface area contributed by atoms with Crippen LogP contribution < -0.4 is 5.73 Å². The van der Waals surface area contributed by atoms with E-state index in [4.69, 9.17) is 17.3 Å². The summed E-state index contributed by atoms with van der Waals surface area (Å²) in [5.74, 6) is -0.968. The summed E-state index contributed by atoms with van der Waals surface area (Å²) in [6.07, 6.45) is 0. The van der Waals surface area contributed by atoms with Crippen LogP contribution in [0, 0.1) is 25.5 Å². The third-order valence-electron chi connectivity index (χ3n) is 2.80. The molecule has 0 aliphatic carbocycles. The fourth-order valence-corrected chi connectivity index (χ4v) is 2.25. The minimum absolute atomic E-state index is 0.0874. The summed E-state index contributed by atoms with van der Waals surface area (Å²) < 4.78 is 27.4. The fraction of sp³-hybridized carbons (Fsp3) is 0.143. The fourth-order valence-electron chi connectivity index (χ4n) is 2.05. The van der Waals surface area contributed by atoms with Gasteiger partial charge >= 0.3 is 0 Å². The molecule has 0 amide bonds. The normalized spacial score (nSPS) is 10.7. The van der Waals surface area contributed by atoms with Crippen LogP contribution in [0.2, 0.25) is 5.02 Å². The van der Waals surface area contributed by atoms with Gasteiger partial charge in [-0.25, -0.2) is 8.78 Å². The molecule has 4 heteroatoms. The number of rotatable bonds is 1. The van der Waals surface area contributed by atoms with Crippen molar-refractivity contribution < 1.29 is 8.78 Å². The van der Waals surface area contributed by atoms with Crippen molar-refractivity contribution in [1.29, 1.82) is 0 Å². The molecular weight excluding hydrogens is 256 g/mol. The molecule has 0 unspecified atom stereocenters. The smallest absolute Gasteiger partial charge is 0.131 e. The van der Waals surface area contributed by atoms with Crippen LogP contribution in [-0.2, 0) is 0 Å². The molecule has 94 valence electrons. The molecular formula is C14H12ClF2N. The van der Waals surface area contributed by atoms with Crippen LogP contribution >= 0.6 is 11.6 Å². The van der Waals surface area contributed by atoms with Gasteiger partial charge in [0.1, 0.15) is 11.6 Å². The first kappa shape index (κ1) is 12.8. The van der Waals surface area contributed by atoms with Gasteiger partial charge in [0.2, 0.25) is 0 Å². The molecule has 2 aromatic carbocycles. The molecule has 2 aromatic rings. The van der Waals surface area contributed by atoms with Gasteiger partial charge in [-0.05, 0) is 43.2 Å². The van der Waals surface area contributed by atoms with E-state index in [0.717, 1.165) is 11.6 Å². The quantitative estimate of drug-likeness (QED) is 0.757. The first-order chi connectivity index (χ1) is 8.40. The number of aryl methyl sites for hydroxylation is 2. The summed E-state index contributed by atoms with van der Waals surface area (Å²) >= 11 is 5.82. The summed E-state index contributed by atoms with van der Waals surface area (Å²) in [6, 6.07) is 5.51. The van der Waals surface area contributed by atoms with Crippen LogP contribution in [0.5, 0.6) is 0 Å². The largest absolute Gasteiger partial charge is 0.397 e. The lowest BCUT2D eigenvalue weighted by Gasteiger charge is -2.12. The minimum atomic E-state index is -0.538. The molecule has 2 N–H and O–H groups in total. The molecule has 18 heavy (non-hydrogen) atoms. The maximum absolute atomic E-state index is 14.0. The Hall–Kier alpha value is -1.61. The average Bonchev–Trinajstić information content (AvgIpc) is 2.23. The van der Waals surface area contributed by atoms with E-state index in [-0.39, 0.29) is 16.3 Å². The van der Waals surface area contributed by atoms with Gasteiger partial charge in [-0.2, -0.15) is 0 Å². The first-order valence-corrected chi connectivity index (χ1v) is 5.79. The van der Waals surface area contributed by atoms with Crippen LogP contribution in [0.25, 0.3) is 11.1 Å². The SMILES string of the molecule is Cc1cc(C)c(-c2cc(F)cc(Cl)c2N)c(F)c1. The van der Waals surface area contributed by atoms with Gasteiger partial charge in [-0.1, -0.05) is 17.7 Å². The Balaban J connectivity index is 2.77. The van der Waals surface area contributed by atoms with Crippen molar-refractivity contribution >= 4 is 17.3 Å². The lowest BCUT2D eigenvalue weighted by atomic mass is 9.96. The topological polar surface area (TPSA) is 26.0 Å². The summed E-state index contributed by atoms with van der Waals surface area (Å²) in [5.41, 5.74) is 8.05. The van der Waals surface area contributed by atoms with Crippen LogP contribution in [-0.4, -0.2) is 0 Å². The van der Waals surface area contributed by atoms with Crippen molar-refractivity contribution in [3.05, 3.63) is 52.0 Å². The predicted molar refractivity (Wildman–Crippen MR) is 70.7 cm³/mol. The van der Waals surface area contributed by atoms with Crippen LogP contribution in [0.15, 0.2) is 24.3 Å². The second-order valence-electron chi connectivity index (χ2n) is 4.29. The molecule has 0 heterocycles. The maximum atomic E-state index is 14.0. The highest BCUT2D eigenvalue weighted by atomic mass is 35.5. The van der Waals surface area contributed by atoms with Gasteiger partial charge in [0.05, 0.1) is 10.7 Å². The van der Waals surface area contributed by atoms with E-state index in [2.05, 4.69) is 0 Å². The van der Waals surface area contributed by atoms with Crippen molar-refractivity contribution in [3.63, 3.8) is 0 Å². The van der Waals surface area contributed by atoms with Crippen molar-refractivity contribution in [3.8, 4) is 11.1 Å². The zero-order chi connectivity index (χ0) is 13.4. The standard InChI is InChI=1S/C14H12ClF2N/c1-7-3-8(2)13(12(17)4-7)10-5-9(16)6-11(15)14(10)18/h3-6H,18H2,1-2H3. The number of anilines is 1. The average molecular weight is 268 g/mol. The lowest BCUT2D eigenvalue weighted by Crippen LogP contribution is -1.97. The number of benzene rings is 2. The summed E-state index contributed by atoms with van der Waals surface area (Å²) in [5, 5.41) is 0.0874. The van der Waals surface area contributed by atoms with Crippen molar-refractivity contribution in [2.45, 2.75) is 13.8 Å². The van der Waals surface area contributed by atoms with E-state index < -0.39 is 11.6 Å². The molecule has 1 nitrogen and oxygen atoms in total. The van der Waals surface area contributed by atoms with E-state index in [1.54, 1.807) is 13.8 Å². The Morgan fingerprint density at radius 2 is 1.72 bits per heavy atom. The van der Waals surface area contributed by atoms with Crippen molar-refractivity contribution in [2.24, 2.45) is 0 Å². The molecule has 0 aliphatic heterocycles. The van der Waals surface area contributed by atoms with Gasteiger partial charge in [0.25, 0.3) is 0 Å². The van der Waals surface area contributed by atoms with Gasteiger partial charge < -0.3 is 5.73 Å². The molecule has 0 aromatic heterocycles. The van der Waals surface area contributed by atoms with Gasteiger partial charge in [-0.15, -0.1) is 0 Å². The zero-order valence-corrected chi connectivity index (χ0v) is 10.8. The van der Waals surface area contributed by atoms with E-state index in [1.165, 1.54) is 12.1 Å². The third kappa shape index (κ3) is 2.18. The molecule has 0 bridgehead atoms. The summed E-state index contributed by atoms with van der Waals surface area (Å²) in [4.78, 5) is 0. The Morgan fingerprint density at radius 1 is 1.06 bits per heavy atom. The number of halogens is 3. The van der Waals surface area contributed by atoms with E-state index in [0.29, 0.717) is 11.1 Å². The van der Waals surface area contributed by atoms with Crippen molar-refractivity contribution in [2.75, 3.05) is 5.73 Å². The molecule has 2 rings (SSSR count). The maximum Gasteiger partial charge on any atom is 0.131 e. The van der Waals surface area contributed by atoms with Crippen LogP contribution in [0.1, 0.15) is 11.1 Å². The Bertz CT molecular complexity index is 600. The minimum Gasteiger partial charge on any atom is -0.397 e. The highest BCUT2D eigenvalue weighted by molar-refractivity contribution is 6.33. The van der Waals surface area contributed by atoms with E-state index in [9.17, 15) is 8.78 Å². The van der Waals surface area contributed by atoms with E-state index >= 15 is 0 Å². The van der Waals surface area contributed by atoms with Crippen LogP contribution in [0.3, 0.4) is 0 Å². The molecule has 0 radical (unpaired) electrons. The number of nitrogens with two attached hydrogens (primary N) is 1. The molecule has 0 atom stereocenters. The number of hydrogen-bond acceptors (Lipinski definition) is 1. The second-order valence-corrected chi connectivity index (χ2v) is 4.69. The lowest BCUT2D eigenvalue weighted by molar-refractivity contribution is 0.624. The highest BCUT2D eigenvalue weighted by Crippen LogP contribution is 2.36. The number of hydrogen-bond donors (Lipinski definition) is 1. The highest BCUT2D eigenvalue weighted by Gasteiger charge is 2.15. The Morgan fingerprint density at radius 3 is 2.33 bits per heavy atom. The third-order valence-corrected chi connectivity index (χ3v) is 3.11. The molecule has 0 spiro atoms. The summed E-state index contributed by atoms with van der Waals surface area (Å²) in [6.45, 7) is 3.55. The zero-order valence-electron chi connectivity index (χ0n) is 10.0. The molecule has 0 saturated heterocycles. The van der Waals surface area contributed by atoms with Crippen molar-refractivity contribution in [1.82, 2.24) is 0 Å². The molecule has 0 fully saturated rings. The van der Waals surface area contributed by atoms with E-state index in [1.807, 2.05) is 6.07 Å². The van der Waals surface area contributed by atoms with Gasteiger partial charge in [0.15, 0.2) is 0 Å². The predicted octanol–water partition coefficient (Wildman–Crippen LogP) is 4.48. The molecule has 0 saturated carbocycles.